The molecule has 0 saturated carbocycles. The van der Waals surface area contributed by atoms with Gasteiger partial charge in [0.2, 0.25) is 0 Å². The number of pyridine rings is 2. The van der Waals surface area contributed by atoms with Crippen LogP contribution in [-0.2, 0) is 9.59 Å². The Morgan fingerprint density at radius 3 is 1.47 bits per heavy atom. The van der Waals surface area contributed by atoms with E-state index in [1.807, 2.05) is 24.3 Å². The summed E-state index contributed by atoms with van der Waals surface area (Å²) in [6, 6.07) is 7.90. The molecule has 0 amide bonds. The number of carbonyl (C=O) groups is 2. The summed E-state index contributed by atoms with van der Waals surface area (Å²) in [5.74, 6) is 3.45. The maximum atomic E-state index is 11.0. The molecular weight excluding hydrogens is 492 g/mol. The van der Waals surface area contributed by atoms with Crippen LogP contribution >= 0.6 is 23.5 Å². The van der Waals surface area contributed by atoms with E-state index in [1.54, 1.807) is 26.2 Å². The number of fused-ring (bicyclic) bond motifs is 3. The number of thioether (sulfide) groups is 2. The number of nitrogens with zero attached hydrogens (tertiary/aromatic N) is 2. The van der Waals surface area contributed by atoms with E-state index in [2.05, 4.69) is 9.97 Å². The van der Waals surface area contributed by atoms with Crippen molar-refractivity contribution >= 4 is 55.6 Å². The zero-order valence-corrected chi connectivity index (χ0v) is 22.9. The highest BCUT2D eigenvalue weighted by Gasteiger charge is 2.11. The van der Waals surface area contributed by atoms with Gasteiger partial charge in [0.15, 0.2) is 10.2 Å². The number of benzene rings is 1. The molecule has 3 aromatic rings. The predicted molar refractivity (Wildman–Crippen MR) is 151 cm³/mol. The fraction of sp³-hybridized carbons (Fsp3) is 0.500. The van der Waals surface area contributed by atoms with E-state index in [-0.39, 0.29) is 10.2 Å². The molecular formula is C28H36N2O4S2. The van der Waals surface area contributed by atoms with E-state index < -0.39 is 0 Å². The van der Waals surface area contributed by atoms with E-state index in [1.165, 1.54) is 23.5 Å². The van der Waals surface area contributed by atoms with Crippen molar-refractivity contribution < 1.29 is 19.1 Å². The molecule has 0 N–H and O–H groups in total. The molecule has 0 bridgehead atoms. The van der Waals surface area contributed by atoms with Crippen molar-refractivity contribution in [2.75, 3.05) is 24.7 Å². The Labute approximate surface area is 222 Å². The molecule has 0 aliphatic carbocycles. The molecule has 0 atom stereocenters. The van der Waals surface area contributed by atoms with Gasteiger partial charge in [0.25, 0.3) is 0 Å². The van der Waals surface area contributed by atoms with Gasteiger partial charge in [-0.1, -0.05) is 49.2 Å². The third-order valence-corrected chi connectivity index (χ3v) is 7.54. The molecule has 1 aromatic carbocycles. The fourth-order valence-electron chi connectivity index (χ4n) is 3.94. The van der Waals surface area contributed by atoms with Gasteiger partial charge >= 0.3 is 0 Å². The fourth-order valence-corrected chi connectivity index (χ4v) is 5.21. The standard InChI is InChI=1S/C28H36N2O4S2/c1-21(31)35-19-9-5-3-7-17-33-25-13-15-29-27-23(25)11-12-24-26(14-16-30-28(24)27)34-18-8-4-6-10-20-36-22(2)32/h11-16H,3-10,17-20H2,1-2H3. The van der Waals surface area contributed by atoms with Gasteiger partial charge in [-0.15, -0.1) is 0 Å². The first kappa shape index (κ1) is 28.3. The van der Waals surface area contributed by atoms with E-state index in [0.717, 1.165) is 96.2 Å². The van der Waals surface area contributed by atoms with Crippen LogP contribution in [0, 0.1) is 0 Å². The van der Waals surface area contributed by atoms with Crippen molar-refractivity contribution in [1.29, 1.82) is 0 Å². The van der Waals surface area contributed by atoms with Crippen molar-refractivity contribution in [2.24, 2.45) is 0 Å². The van der Waals surface area contributed by atoms with Gasteiger partial charge in [0, 0.05) is 48.5 Å². The maximum Gasteiger partial charge on any atom is 0.185 e. The van der Waals surface area contributed by atoms with Crippen molar-refractivity contribution in [3.8, 4) is 11.5 Å². The first-order chi connectivity index (χ1) is 17.6. The van der Waals surface area contributed by atoms with E-state index in [0.29, 0.717) is 13.2 Å². The molecule has 0 fully saturated rings. The minimum absolute atomic E-state index is 0.191. The molecule has 3 rings (SSSR count). The van der Waals surface area contributed by atoms with Gasteiger partial charge in [-0.25, -0.2) is 0 Å². The molecule has 2 aromatic heterocycles. The zero-order chi connectivity index (χ0) is 25.6. The largest absolute Gasteiger partial charge is 0.493 e. The average Bonchev–Trinajstić information content (AvgIpc) is 2.86. The summed E-state index contributed by atoms with van der Waals surface area (Å²) >= 11 is 2.81. The minimum atomic E-state index is 0.191. The summed E-state index contributed by atoms with van der Waals surface area (Å²) < 4.78 is 12.2. The SMILES string of the molecule is CC(=O)SCCCCCCOc1ccnc2c1ccc1c(OCCCCCCSC(C)=O)ccnc12. The van der Waals surface area contributed by atoms with Gasteiger partial charge in [-0.3, -0.25) is 19.6 Å². The lowest BCUT2D eigenvalue weighted by Crippen LogP contribution is -2.00. The number of carbonyl (C=O) groups excluding carboxylic acids is 2. The Kier molecular flexibility index (Phi) is 12.3. The normalized spacial score (nSPS) is 11.2. The average molecular weight is 529 g/mol. The van der Waals surface area contributed by atoms with Gasteiger partial charge in [0.1, 0.15) is 22.5 Å². The lowest BCUT2D eigenvalue weighted by molar-refractivity contribution is -0.109. The Hall–Kier alpha value is -2.32. The van der Waals surface area contributed by atoms with Crippen molar-refractivity contribution in [3.05, 3.63) is 36.7 Å². The maximum absolute atomic E-state index is 11.0. The highest BCUT2D eigenvalue weighted by molar-refractivity contribution is 8.13. The van der Waals surface area contributed by atoms with Crippen LogP contribution in [0.5, 0.6) is 11.5 Å². The summed E-state index contributed by atoms with van der Waals surface area (Å²) in [6.07, 6.45) is 12.0. The molecule has 194 valence electrons. The second-order valence-electron chi connectivity index (χ2n) is 8.68. The van der Waals surface area contributed by atoms with Crippen LogP contribution in [0.25, 0.3) is 21.8 Å². The van der Waals surface area contributed by atoms with Crippen molar-refractivity contribution in [2.45, 2.75) is 65.2 Å². The van der Waals surface area contributed by atoms with Gasteiger partial charge < -0.3 is 9.47 Å². The summed E-state index contributed by atoms with van der Waals surface area (Å²) in [6.45, 7) is 4.54. The van der Waals surface area contributed by atoms with E-state index >= 15 is 0 Å². The Morgan fingerprint density at radius 1 is 0.639 bits per heavy atom. The summed E-state index contributed by atoms with van der Waals surface area (Å²) in [4.78, 5) is 31.2. The summed E-state index contributed by atoms with van der Waals surface area (Å²) in [7, 11) is 0. The zero-order valence-electron chi connectivity index (χ0n) is 21.3. The third kappa shape index (κ3) is 9.28. The smallest absolute Gasteiger partial charge is 0.185 e. The predicted octanol–water partition coefficient (Wildman–Crippen LogP) is 7.22. The Morgan fingerprint density at radius 2 is 1.06 bits per heavy atom. The van der Waals surface area contributed by atoms with Crippen molar-refractivity contribution in [1.82, 2.24) is 9.97 Å². The van der Waals surface area contributed by atoms with Crippen molar-refractivity contribution in [3.63, 3.8) is 0 Å². The number of aromatic nitrogens is 2. The van der Waals surface area contributed by atoms with E-state index in [9.17, 15) is 9.59 Å². The van der Waals surface area contributed by atoms with Gasteiger partial charge in [0.05, 0.1) is 13.2 Å². The van der Waals surface area contributed by atoms with Crippen LogP contribution in [-0.4, -0.2) is 44.9 Å². The number of hydrogen-bond acceptors (Lipinski definition) is 8. The monoisotopic (exact) mass is 528 g/mol. The van der Waals surface area contributed by atoms with Crippen LogP contribution in [0.4, 0.5) is 0 Å². The molecule has 0 aliphatic rings. The van der Waals surface area contributed by atoms with Crippen LogP contribution in [0.2, 0.25) is 0 Å². The molecule has 0 radical (unpaired) electrons. The molecule has 6 nitrogen and oxygen atoms in total. The molecule has 0 unspecified atom stereocenters. The van der Waals surface area contributed by atoms with Gasteiger partial charge in [-0.05, 0) is 49.9 Å². The Balaban J connectivity index is 1.51. The minimum Gasteiger partial charge on any atom is -0.493 e. The number of rotatable bonds is 16. The van der Waals surface area contributed by atoms with Crippen LogP contribution < -0.4 is 9.47 Å². The molecule has 2 heterocycles. The Bertz CT molecular complexity index is 1050. The van der Waals surface area contributed by atoms with Gasteiger partial charge in [-0.2, -0.15) is 0 Å². The van der Waals surface area contributed by atoms with Crippen LogP contribution in [0.15, 0.2) is 36.7 Å². The quantitative estimate of drug-likeness (QED) is 0.142. The molecule has 8 heteroatoms. The highest BCUT2D eigenvalue weighted by atomic mass is 32.2. The molecule has 0 saturated heterocycles. The first-order valence-corrected chi connectivity index (χ1v) is 14.7. The summed E-state index contributed by atoms with van der Waals surface area (Å²) in [5, 5.41) is 2.29. The van der Waals surface area contributed by atoms with Crippen LogP contribution in [0.3, 0.4) is 0 Å². The number of ether oxygens (including phenoxy) is 2. The second-order valence-corrected chi connectivity index (χ2v) is 11.2. The molecule has 0 spiro atoms. The lowest BCUT2D eigenvalue weighted by Gasteiger charge is -2.12. The highest BCUT2D eigenvalue weighted by Crippen LogP contribution is 2.33. The lowest BCUT2D eigenvalue weighted by atomic mass is 10.1. The first-order valence-electron chi connectivity index (χ1n) is 12.7. The topological polar surface area (TPSA) is 78.4 Å². The molecule has 0 aliphatic heterocycles. The second kappa shape index (κ2) is 15.7. The number of hydrogen-bond donors (Lipinski definition) is 0. The van der Waals surface area contributed by atoms with Crippen LogP contribution in [0.1, 0.15) is 65.2 Å². The molecule has 36 heavy (non-hydrogen) atoms. The van der Waals surface area contributed by atoms with E-state index in [4.69, 9.17) is 9.47 Å². The number of unbranched alkanes of at least 4 members (excludes halogenated alkanes) is 6. The third-order valence-electron chi connectivity index (χ3n) is 5.74. The summed E-state index contributed by atoms with van der Waals surface area (Å²) in [5.41, 5.74) is 1.64.